The highest BCUT2D eigenvalue weighted by Crippen LogP contribution is 2.43. The lowest BCUT2D eigenvalue weighted by atomic mass is 10.1. The van der Waals surface area contributed by atoms with Crippen LogP contribution in [0.15, 0.2) is 97.2 Å². The third-order valence-corrected chi connectivity index (χ3v) is 12.9. The highest BCUT2D eigenvalue weighted by molar-refractivity contribution is 7.47. The van der Waals surface area contributed by atoms with E-state index in [4.69, 9.17) is 23.3 Å². The van der Waals surface area contributed by atoms with Crippen LogP contribution in [0.5, 0.6) is 0 Å². The number of esters is 3. The SMILES string of the molecule is CC/C=C\C/C=C\C/C=C\C/C=C\C/C=C\CCCC(=O)OC(CO)COP(=O)(O)OCC(COC(=O)CCCCCCC/C=C\CCCC)OC(=O)CCCCCCCCCCC/C=C\C/C=C\CCCCC. The molecule has 12 heteroatoms. The van der Waals surface area contributed by atoms with E-state index in [9.17, 15) is 28.9 Å². The Kier molecular flexibility index (Phi) is 52.9. The van der Waals surface area contributed by atoms with Crippen LogP contribution in [0.2, 0.25) is 0 Å². The smallest absolute Gasteiger partial charge is 0.462 e. The fraction of sp³-hybridized carbons (Fsp3) is 0.694. The maximum absolute atomic E-state index is 12.9. The van der Waals surface area contributed by atoms with Gasteiger partial charge in [0, 0.05) is 19.3 Å². The van der Waals surface area contributed by atoms with Gasteiger partial charge < -0.3 is 24.2 Å². The number of aliphatic hydroxyl groups excluding tert-OH is 1. The van der Waals surface area contributed by atoms with Crippen molar-refractivity contribution in [2.45, 2.75) is 251 Å². The molecule has 3 unspecified atom stereocenters. The van der Waals surface area contributed by atoms with E-state index in [-0.39, 0.29) is 25.9 Å². The molecule has 0 aromatic carbocycles. The average molecular weight is 1060 g/mol. The molecule has 0 saturated carbocycles. The zero-order valence-electron chi connectivity index (χ0n) is 46.8. The lowest BCUT2D eigenvalue weighted by molar-refractivity contribution is -0.161. The highest BCUT2D eigenvalue weighted by Gasteiger charge is 2.28. The largest absolute Gasteiger partial charge is 0.472 e. The molecule has 424 valence electrons. The van der Waals surface area contributed by atoms with Crippen molar-refractivity contribution in [2.75, 3.05) is 26.4 Å². The fourth-order valence-electron chi connectivity index (χ4n) is 7.52. The number of hydrogen-bond donors (Lipinski definition) is 2. The fourth-order valence-corrected chi connectivity index (χ4v) is 8.30. The quantitative estimate of drug-likeness (QED) is 0.0197. The summed E-state index contributed by atoms with van der Waals surface area (Å²) in [6, 6.07) is 0. The van der Waals surface area contributed by atoms with Crippen LogP contribution < -0.4 is 0 Å². The number of carbonyl (C=O) groups excluding carboxylic acids is 3. The first kappa shape index (κ1) is 70.4. The van der Waals surface area contributed by atoms with E-state index >= 15 is 0 Å². The van der Waals surface area contributed by atoms with E-state index in [2.05, 4.69) is 106 Å². The molecule has 2 N–H and O–H groups in total. The lowest BCUT2D eigenvalue weighted by Crippen LogP contribution is -2.30. The molecular formula is C62H105O11P. The van der Waals surface area contributed by atoms with E-state index in [1.807, 2.05) is 12.2 Å². The van der Waals surface area contributed by atoms with Crippen molar-refractivity contribution < 1.29 is 52.2 Å². The number of phosphoric ester groups is 1. The number of rotatable bonds is 53. The summed E-state index contributed by atoms with van der Waals surface area (Å²) >= 11 is 0. The Balaban J connectivity index is 4.74. The van der Waals surface area contributed by atoms with Gasteiger partial charge in [-0.25, -0.2) is 4.57 Å². The highest BCUT2D eigenvalue weighted by atomic mass is 31.2. The molecule has 0 amide bonds. The number of ether oxygens (including phenoxy) is 3. The van der Waals surface area contributed by atoms with Crippen molar-refractivity contribution >= 4 is 25.7 Å². The Morgan fingerprint density at radius 2 is 0.730 bits per heavy atom. The van der Waals surface area contributed by atoms with Crippen molar-refractivity contribution in [2.24, 2.45) is 0 Å². The maximum Gasteiger partial charge on any atom is 0.472 e. The molecule has 0 radical (unpaired) electrons. The lowest BCUT2D eigenvalue weighted by Gasteiger charge is -2.21. The number of allylic oxidation sites excluding steroid dienone is 16. The topological polar surface area (TPSA) is 155 Å². The number of aliphatic hydroxyl groups is 1. The molecule has 74 heavy (non-hydrogen) atoms. The number of phosphoric acid groups is 1. The third kappa shape index (κ3) is 53.2. The minimum Gasteiger partial charge on any atom is -0.462 e. The number of carbonyl (C=O) groups is 3. The Bertz CT molecular complexity index is 1610. The van der Waals surface area contributed by atoms with Gasteiger partial charge in [0.2, 0.25) is 0 Å². The minimum absolute atomic E-state index is 0.0947. The predicted molar refractivity (Wildman–Crippen MR) is 307 cm³/mol. The Hall–Kier alpha value is -3.60. The van der Waals surface area contributed by atoms with Gasteiger partial charge in [0.05, 0.1) is 19.8 Å². The summed E-state index contributed by atoms with van der Waals surface area (Å²) in [5, 5.41) is 9.81. The second-order valence-corrected chi connectivity index (χ2v) is 20.5. The molecule has 0 rings (SSSR count). The first-order valence-corrected chi connectivity index (χ1v) is 30.6. The first-order valence-electron chi connectivity index (χ1n) is 29.1. The molecule has 0 fully saturated rings. The van der Waals surface area contributed by atoms with Crippen molar-refractivity contribution in [3.63, 3.8) is 0 Å². The molecule has 0 aliphatic carbocycles. The van der Waals surface area contributed by atoms with Crippen molar-refractivity contribution in [1.82, 2.24) is 0 Å². The van der Waals surface area contributed by atoms with E-state index in [1.165, 1.54) is 70.6 Å². The Labute approximate surface area is 451 Å². The van der Waals surface area contributed by atoms with E-state index in [0.29, 0.717) is 25.7 Å². The van der Waals surface area contributed by atoms with Crippen molar-refractivity contribution in [3.05, 3.63) is 97.2 Å². The van der Waals surface area contributed by atoms with Gasteiger partial charge >= 0.3 is 25.7 Å². The molecule has 0 aromatic rings. The summed E-state index contributed by atoms with van der Waals surface area (Å²) in [4.78, 5) is 48.5. The summed E-state index contributed by atoms with van der Waals surface area (Å²) in [6.07, 6.45) is 65.2. The van der Waals surface area contributed by atoms with Gasteiger partial charge in [-0.15, -0.1) is 0 Å². The summed E-state index contributed by atoms with van der Waals surface area (Å²) in [5.74, 6) is -1.55. The van der Waals surface area contributed by atoms with E-state index in [0.717, 1.165) is 103 Å². The second kappa shape index (κ2) is 55.6. The van der Waals surface area contributed by atoms with Crippen molar-refractivity contribution in [1.29, 1.82) is 0 Å². The zero-order chi connectivity index (χ0) is 54.1. The van der Waals surface area contributed by atoms with E-state index in [1.54, 1.807) is 0 Å². The van der Waals surface area contributed by atoms with Crippen LogP contribution in [0.25, 0.3) is 0 Å². The molecule has 0 aliphatic heterocycles. The van der Waals surface area contributed by atoms with Crippen LogP contribution >= 0.6 is 7.82 Å². The minimum atomic E-state index is -4.77. The van der Waals surface area contributed by atoms with Crippen LogP contribution in [-0.4, -0.2) is 66.5 Å². The van der Waals surface area contributed by atoms with E-state index < -0.39 is 57.8 Å². The van der Waals surface area contributed by atoms with Gasteiger partial charge in [-0.1, -0.05) is 208 Å². The van der Waals surface area contributed by atoms with Crippen LogP contribution in [0.3, 0.4) is 0 Å². The van der Waals surface area contributed by atoms with Gasteiger partial charge in [-0.3, -0.25) is 23.4 Å². The van der Waals surface area contributed by atoms with Gasteiger partial charge in [0.25, 0.3) is 0 Å². The molecule has 0 heterocycles. The number of unbranched alkanes of at least 4 members (excludes halogenated alkanes) is 20. The van der Waals surface area contributed by atoms with Crippen molar-refractivity contribution in [3.8, 4) is 0 Å². The van der Waals surface area contributed by atoms with Crippen LogP contribution in [-0.2, 0) is 42.2 Å². The molecule has 0 spiro atoms. The van der Waals surface area contributed by atoms with Gasteiger partial charge in [-0.05, 0) is 109 Å². The Morgan fingerprint density at radius 3 is 1.19 bits per heavy atom. The summed E-state index contributed by atoms with van der Waals surface area (Å²) in [6.45, 7) is 4.39. The monoisotopic (exact) mass is 1060 g/mol. The number of hydrogen-bond acceptors (Lipinski definition) is 10. The third-order valence-electron chi connectivity index (χ3n) is 12.0. The van der Waals surface area contributed by atoms with Crippen LogP contribution in [0.4, 0.5) is 0 Å². The molecule has 0 aromatic heterocycles. The summed E-state index contributed by atoms with van der Waals surface area (Å²) in [5.41, 5.74) is 0. The van der Waals surface area contributed by atoms with Gasteiger partial charge in [0.15, 0.2) is 6.10 Å². The molecule has 0 aliphatic rings. The standard InChI is InChI=1S/C62H105O11P/c1-4-7-10-13-16-19-22-24-26-28-29-31-33-35-38-41-44-47-50-53-62(66)73-59(55-69-60(64)51-48-45-42-39-36-21-18-15-12-9-6-3)57-71-74(67,68)70-56-58(54-63)72-61(65)52-49-46-43-40-37-34-32-30-27-25-23-20-17-14-11-8-5-2/h8,11,15-20,24-27,32,34,40,43,58-59,63H,4-7,9-10,12-14,21-23,28-31,33,35-39,41-42,44-57H2,1-3H3,(H,67,68)/b11-8-,18-15-,19-16-,20-17-,26-24-,27-25-,34-32-,43-40-. The molecule has 0 saturated heterocycles. The first-order chi connectivity index (χ1) is 36.2. The molecular weight excluding hydrogens is 952 g/mol. The van der Waals surface area contributed by atoms with Gasteiger partial charge in [0.1, 0.15) is 12.7 Å². The summed E-state index contributed by atoms with van der Waals surface area (Å²) in [7, 11) is -4.77. The predicted octanol–water partition coefficient (Wildman–Crippen LogP) is 17.3. The summed E-state index contributed by atoms with van der Waals surface area (Å²) < 4.78 is 39.4. The molecule has 3 atom stereocenters. The average Bonchev–Trinajstić information content (AvgIpc) is 3.39. The van der Waals surface area contributed by atoms with Crippen LogP contribution in [0, 0.1) is 0 Å². The van der Waals surface area contributed by atoms with Gasteiger partial charge in [-0.2, -0.15) is 0 Å². The molecule has 11 nitrogen and oxygen atoms in total. The molecule has 0 bridgehead atoms. The maximum atomic E-state index is 12.9. The zero-order valence-corrected chi connectivity index (χ0v) is 47.7. The Morgan fingerprint density at radius 1 is 0.392 bits per heavy atom. The normalized spacial score (nSPS) is 14.1. The second-order valence-electron chi connectivity index (χ2n) is 19.1. The van der Waals surface area contributed by atoms with Crippen LogP contribution in [0.1, 0.15) is 239 Å².